The Kier molecular flexibility index (Phi) is 5.21. The summed E-state index contributed by atoms with van der Waals surface area (Å²) >= 11 is 0. The van der Waals surface area contributed by atoms with Crippen LogP contribution in [0.1, 0.15) is 23.7 Å². The predicted octanol–water partition coefficient (Wildman–Crippen LogP) is 3.19. The molecule has 0 spiro atoms. The van der Waals surface area contributed by atoms with E-state index in [4.69, 9.17) is 10.5 Å². The number of nitrogens with zero attached hydrogens (tertiary/aromatic N) is 4. The Labute approximate surface area is 168 Å². The molecule has 2 heterocycles. The standard InChI is InChI=1S/C20H14F3N5O2/c1-19(30,11-28-7-6-16-17(28)5-4-14(10-25)26-16)18(29)27-13-3-2-12(9-24)15(8-13)20(21,22)23/h2-8,30H,11H2,1H3,(H,27,29)/t19-/m0/s1. The Hall–Kier alpha value is -3.89. The molecule has 152 valence electrons. The number of aliphatic hydroxyl groups is 1. The molecule has 1 atom stereocenters. The van der Waals surface area contributed by atoms with E-state index in [0.29, 0.717) is 17.1 Å². The minimum absolute atomic E-state index is 0.204. The summed E-state index contributed by atoms with van der Waals surface area (Å²) in [5, 5.41) is 30.6. The van der Waals surface area contributed by atoms with Crippen LogP contribution in [-0.2, 0) is 17.5 Å². The Morgan fingerprint density at radius 2 is 1.93 bits per heavy atom. The topological polar surface area (TPSA) is 115 Å². The van der Waals surface area contributed by atoms with Gasteiger partial charge in [-0.3, -0.25) is 4.79 Å². The molecule has 0 saturated carbocycles. The molecule has 3 rings (SSSR count). The number of hydrogen-bond acceptors (Lipinski definition) is 5. The van der Waals surface area contributed by atoms with E-state index in [-0.39, 0.29) is 17.9 Å². The fraction of sp³-hybridized carbons (Fsp3) is 0.200. The lowest BCUT2D eigenvalue weighted by molar-refractivity contribution is -0.138. The van der Waals surface area contributed by atoms with Crippen LogP contribution in [0, 0.1) is 22.7 Å². The van der Waals surface area contributed by atoms with Crippen LogP contribution in [0.5, 0.6) is 0 Å². The van der Waals surface area contributed by atoms with Gasteiger partial charge in [0.1, 0.15) is 11.8 Å². The van der Waals surface area contributed by atoms with E-state index in [9.17, 15) is 23.1 Å². The first-order valence-corrected chi connectivity index (χ1v) is 8.56. The van der Waals surface area contributed by atoms with Gasteiger partial charge in [-0.1, -0.05) is 0 Å². The van der Waals surface area contributed by atoms with Crippen LogP contribution >= 0.6 is 0 Å². The minimum Gasteiger partial charge on any atom is -0.378 e. The minimum atomic E-state index is -4.77. The van der Waals surface area contributed by atoms with Crippen molar-refractivity contribution in [2.45, 2.75) is 25.2 Å². The highest BCUT2D eigenvalue weighted by Crippen LogP contribution is 2.33. The maximum absolute atomic E-state index is 13.1. The van der Waals surface area contributed by atoms with Gasteiger partial charge in [0, 0.05) is 11.9 Å². The molecule has 0 bridgehead atoms. The third-order valence-corrected chi connectivity index (χ3v) is 4.41. The van der Waals surface area contributed by atoms with Crippen molar-refractivity contribution in [3.8, 4) is 12.1 Å². The molecular weight excluding hydrogens is 399 g/mol. The van der Waals surface area contributed by atoms with Gasteiger partial charge in [0.25, 0.3) is 5.91 Å². The van der Waals surface area contributed by atoms with Gasteiger partial charge < -0.3 is 15.0 Å². The molecule has 2 N–H and O–H groups in total. The second-order valence-electron chi connectivity index (χ2n) is 6.75. The van der Waals surface area contributed by atoms with Crippen molar-refractivity contribution in [1.29, 1.82) is 10.5 Å². The van der Waals surface area contributed by atoms with E-state index in [1.54, 1.807) is 22.9 Å². The molecule has 30 heavy (non-hydrogen) atoms. The van der Waals surface area contributed by atoms with Crippen molar-refractivity contribution in [2.24, 2.45) is 0 Å². The van der Waals surface area contributed by atoms with Gasteiger partial charge in [-0.25, -0.2) is 4.98 Å². The lowest BCUT2D eigenvalue weighted by Gasteiger charge is -2.24. The van der Waals surface area contributed by atoms with Crippen molar-refractivity contribution in [2.75, 3.05) is 5.32 Å². The van der Waals surface area contributed by atoms with E-state index in [0.717, 1.165) is 12.1 Å². The second kappa shape index (κ2) is 7.50. The summed E-state index contributed by atoms with van der Waals surface area (Å²) in [4.78, 5) is 16.6. The van der Waals surface area contributed by atoms with E-state index in [1.807, 2.05) is 6.07 Å². The fourth-order valence-corrected chi connectivity index (χ4v) is 2.90. The number of carbonyl (C=O) groups excluding carboxylic acids is 1. The third-order valence-electron chi connectivity index (χ3n) is 4.41. The Bertz CT molecular complexity index is 1220. The van der Waals surface area contributed by atoms with Gasteiger partial charge in [0.15, 0.2) is 5.60 Å². The van der Waals surface area contributed by atoms with Gasteiger partial charge >= 0.3 is 6.18 Å². The molecule has 0 saturated heterocycles. The fourth-order valence-electron chi connectivity index (χ4n) is 2.90. The number of pyridine rings is 1. The van der Waals surface area contributed by atoms with Gasteiger partial charge in [-0.05, 0) is 43.3 Å². The van der Waals surface area contributed by atoms with Crippen molar-refractivity contribution in [3.63, 3.8) is 0 Å². The van der Waals surface area contributed by atoms with E-state index in [1.165, 1.54) is 19.1 Å². The van der Waals surface area contributed by atoms with Crippen LogP contribution in [0.4, 0.5) is 18.9 Å². The number of anilines is 1. The van der Waals surface area contributed by atoms with E-state index in [2.05, 4.69) is 10.3 Å². The van der Waals surface area contributed by atoms with Crippen molar-refractivity contribution >= 4 is 22.6 Å². The molecular formula is C20H14F3N5O2. The van der Waals surface area contributed by atoms with Crippen molar-refractivity contribution in [1.82, 2.24) is 9.55 Å². The molecule has 0 radical (unpaired) electrons. The molecule has 0 aliphatic heterocycles. The Morgan fingerprint density at radius 1 is 1.20 bits per heavy atom. The first-order chi connectivity index (χ1) is 14.0. The molecule has 0 fully saturated rings. The molecule has 0 aliphatic carbocycles. The van der Waals surface area contributed by atoms with Crippen LogP contribution in [-0.4, -0.2) is 26.2 Å². The number of benzene rings is 1. The zero-order valence-corrected chi connectivity index (χ0v) is 15.5. The average Bonchev–Trinajstić information content (AvgIpc) is 3.08. The predicted molar refractivity (Wildman–Crippen MR) is 99.9 cm³/mol. The van der Waals surface area contributed by atoms with Gasteiger partial charge in [-0.2, -0.15) is 23.7 Å². The number of aromatic nitrogens is 2. The largest absolute Gasteiger partial charge is 0.417 e. The van der Waals surface area contributed by atoms with Gasteiger partial charge in [-0.15, -0.1) is 0 Å². The number of rotatable bonds is 4. The number of hydrogen-bond donors (Lipinski definition) is 2. The molecule has 7 nitrogen and oxygen atoms in total. The molecule has 10 heteroatoms. The lowest BCUT2D eigenvalue weighted by atomic mass is 10.0. The number of fused-ring (bicyclic) bond motifs is 1. The zero-order chi connectivity index (χ0) is 22.1. The summed E-state index contributed by atoms with van der Waals surface area (Å²) < 4.78 is 40.8. The molecule has 2 aromatic heterocycles. The quantitative estimate of drug-likeness (QED) is 0.682. The van der Waals surface area contributed by atoms with Gasteiger partial charge in [0.2, 0.25) is 0 Å². The normalized spacial score (nSPS) is 13.3. The van der Waals surface area contributed by atoms with Crippen LogP contribution < -0.4 is 5.32 Å². The van der Waals surface area contributed by atoms with Crippen LogP contribution in [0.2, 0.25) is 0 Å². The molecule has 0 unspecified atom stereocenters. The summed E-state index contributed by atoms with van der Waals surface area (Å²) in [5.41, 5.74) is -2.66. The summed E-state index contributed by atoms with van der Waals surface area (Å²) in [6.45, 7) is 1.01. The van der Waals surface area contributed by atoms with Crippen molar-refractivity contribution < 1.29 is 23.1 Å². The molecule has 1 amide bonds. The average molecular weight is 413 g/mol. The molecule has 1 aromatic carbocycles. The third kappa shape index (κ3) is 4.09. The van der Waals surface area contributed by atoms with Crippen LogP contribution in [0.25, 0.3) is 11.0 Å². The van der Waals surface area contributed by atoms with E-state index >= 15 is 0 Å². The number of alkyl halides is 3. The monoisotopic (exact) mass is 413 g/mol. The van der Waals surface area contributed by atoms with Crippen LogP contribution in [0.15, 0.2) is 42.6 Å². The summed E-state index contributed by atoms with van der Waals surface area (Å²) in [6.07, 6.45) is -3.20. The maximum atomic E-state index is 13.1. The Morgan fingerprint density at radius 3 is 2.57 bits per heavy atom. The zero-order valence-electron chi connectivity index (χ0n) is 15.5. The van der Waals surface area contributed by atoms with Crippen LogP contribution in [0.3, 0.4) is 0 Å². The lowest BCUT2D eigenvalue weighted by Crippen LogP contribution is -2.43. The first kappa shape index (κ1) is 20.8. The summed E-state index contributed by atoms with van der Waals surface area (Å²) in [6, 6.07) is 10.8. The molecule has 3 aromatic rings. The highest BCUT2D eigenvalue weighted by atomic mass is 19.4. The smallest absolute Gasteiger partial charge is 0.378 e. The van der Waals surface area contributed by atoms with Gasteiger partial charge in [0.05, 0.1) is 34.8 Å². The molecule has 0 aliphatic rings. The maximum Gasteiger partial charge on any atom is 0.417 e. The first-order valence-electron chi connectivity index (χ1n) is 8.56. The number of nitriles is 2. The SMILES string of the molecule is C[C@](O)(Cn1ccc2nc(C#N)ccc21)C(=O)Nc1ccc(C#N)c(C(F)(F)F)c1. The number of halogens is 3. The van der Waals surface area contributed by atoms with Crippen molar-refractivity contribution in [3.05, 3.63) is 59.4 Å². The highest BCUT2D eigenvalue weighted by molar-refractivity contribution is 5.97. The highest BCUT2D eigenvalue weighted by Gasteiger charge is 2.35. The summed E-state index contributed by atoms with van der Waals surface area (Å²) in [7, 11) is 0. The second-order valence-corrected chi connectivity index (χ2v) is 6.75. The number of carbonyl (C=O) groups is 1. The summed E-state index contributed by atoms with van der Waals surface area (Å²) in [5.74, 6) is -0.927. The number of nitrogens with one attached hydrogen (secondary N) is 1. The number of amides is 1. The van der Waals surface area contributed by atoms with E-state index < -0.39 is 28.8 Å². The Balaban J connectivity index is 1.83.